The first-order chi connectivity index (χ1) is 6.87. The molecule has 0 amide bonds. The van der Waals surface area contributed by atoms with Crippen LogP contribution in [0.1, 0.15) is 33.1 Å². The Morgan fingerprint density at radius 1 is 1.13 bits per heavy atom. The van der Waals surface area contributed by atoms with Crippen LogP contribution >= 0.6 is 11.6 Å². The minimum absolute atomic E-state index is 0.171. The fourth-order valence-corrected chi connectivity index (χ4v) is 1.49. The molecule has 0 aromatic carbocycles. The van der Waals surface area contributed by atoms with Gasteiger partial charge in [0.15, 0.2) is 0 Å². The number of nitrogens with zero attached hydrogens (tertiary/aromatic N) is 1. The zero-order chi connectivity index (χ0) is 11.9. The molecule has 0 aliphatic rings. The monoisotopic (exact) mass is 245 g/mol. The van der Waals surface area contributed by atoms with Crippen molar-refractivity contribution < 1.29 is 13.2 Å². The SMILES string of the molecule is CC(C)N(CCCCl)CCCC(F)(F)F. The lowest BCUT2D eigenvalue weighted by Crippen LogP contribution is -2.33. The van der Waals surface area contributed by atoms with Gasteiger partial charge in [0.25, 0.3) is 0 Å². The highest BCUT2D eigenvalue weighted by atomic mass is 35.5. The van der Waals surface area contributed by atoms with Gasteiger partial charge in [-0.2, -0.15) is 13.2 Å². The highest BCUT2D eigenvalue weighted by Crippen LogP contribution is 2.21. The number of hydrogen-bond acceptors (Lipinski definition) is 1. The van der Waals surface area contributed by atoms with E-state index in [4.69, 9.17) is 11.6 Å². The van der Waals surface area contributed by atoms with Crippen LogP contribution in [0.15, 0.2) is 0 Å². The first-order valence-corrected chi connectivity index (χ1v) is 5.77. The van der Waals surface area contributed by atoms with Gasteiger partial charge in [-0.25, -0.2) is 0 Å². The van der Waals surface area contributed by atoms with Crippen molar-refractivity contribution in [1.82, 2.24) is 4.90 Å². The standard InChI is InChI=1S/C10H19ClF3N/c1-9(2)15(8-4-6-11)7-3-5-10(12,13)14/h9H,3-8H2,1-2H3. The molecule has 15 heavy (non-hydrogen) atoms. The molecule has 0 radical (unpaired) electrons. The van der Waals surface area contributed by atoms with E-state index in [1.54, 1.807) is 0 Å². The molecule has 0 saturated carbocycles. The molecule has 0 N–H and O–H groups in total. The van der Waals surface area contributed by atoms with Crippen LogP contribution in [-0.4, -0.2) is 36.1 Å². The van der Waals surface area contributed by atoms with Crippen molar-refractivity contribution in [3.8, 4) is 0 Å². The second kappa shape index (κ2) is 7.34. The summed E-state index contributed by atoms with van der Waals surface area (Å²) >= 11 is 5.55. The summed E-state index contributed by atoms with van der Waals surface area (Å²) in [7, 11) is 0. The van der Waals surface area contributed by atoms with Gasteiger partial charge in [-0.05, 0) is 39.8 Å². The van der Waals surface area contributed by atoms with E-state index in [9.17, 15) is 13.2 Å². The molecule has 0 bridgehead atoms. The van der Waals surface area contributed by atoms with Gasteiger partial charge in [0, 0.05) is 18.3 Å². The normalized spacial score (nSPS) is 12.8. The third kappa shape index (κ3) is 9.00. The Bertz CT molecular complexity index is 159. The van der Waals surface area contributed by atoms with E-state index in [1.165, 1.54) is 0 Å². The summed E-state index contributed by atoms with van der Waals surface area (Å²) in [6.07, 6.45) is -3.73. The molecule has 0 aromatic rings. The maximum absolute atomic E-state index is 11.9. The molecule has 0 heterocycles. The lowest BCUT2D eigenvalue weighted by molar-refractivity contribution is -0.136. The fraction of sp³-hybridized carbons (Fsp3) is 1.00. The van der Waals surface area contributed by atoms with Crippen molar-refractivity contribution >= 4 is 11.6 Å². The third-order valence-corrected chi connectivity index (χ3v) is 2.48. The Kier molecular flexibility index (Phi) is 7.36. The van der Waals surface area contributed by atoms with Gasteiger partial charge in [-0.1, -0.05) is 0 Å². The van der Waals surface area contributed by atoms with Crippen LogP contribution in [0.4, 0.5) is 13.2 Å². The van der Waals surface area contributed by atoms with Crippen molar-refractivity contribution in [3.05, 3.63) is 0 Å². The van der Waals surface area contributed by atoms with Crippen LogP contribution in [0.5, 0.6) is 0 Å². The zero-order valence-corrected chi connectivity index (χ0v) is 10.0. The van der Waals surface area contributed by atoms with Crippen molar-refractivity contribution in [3.63, 3.8) is 0 Å². The number of alkyl halides is 4. The molecule has 0 atom stereocenters. The Labute approximate surface area is 94.6 Å². The zero-order valence-electron chi connectivity index (χ0n) is 9.28. The highest BCUT2D eigenvalue weighted by Gasteiger charge is 2.26. The average molecular weight is 246 g/mol. The predicted octanol–water partition coefficient (Wildman–Crippen LogP) is 3.67. The molecule has 0 rings (SSSR count). The summed E-state index contributed by atoms with van der Waals surface area (Å²) in [5, 5.41) is 0. The third-order valence-electron chi connectivity index (χ3n) is 2.21. The van der Waals surface area contributed by atoms with Gasteiger partial charge < -0.3 is 4.90 Å². The fourth-order valence-electron chi connectivity index (χ4n) is 1.37. The molecule has 92 valence electrons. The molecule has 0 saturated heterocycles. The second-order valence-corrected chi connectivity index (χ2v) is 4.27. The summed E-state index contributed by atoms with van der Waals surface area (Å²) in [5.74, 6) is 0.558. The van der Waals surface area contributed by atoms with E-state index in [2.05, 4.69) is 0 Å². The van der Waals surface area contributed by atoms with Crippen LogP contribution in [-0.2, 0) is 0 Å². The molecule has 0 unspecified atom stereocenters. The minimum Gasteiger partial charge on any atom is -0.301 e. The maximum Gasteiger partial charge on any atom is 0.389 e. The molecule has 1 nitrogen and oxygen atoms in total. The van der Waals surface area contributed by atoms with Crippen molar-refractivity contribution in [2.45, 2.75) is 45.3 Å². The Hall–Kier alpha value is 0.0400. The van der Waals surface area contributed by atoms with Gasteiger partial charge >= 0.3 is 6.18 Å². The van der Waals surface area contributed by atoms with Crippen LogP contribution in [0.25, 0.3) is 0 Å². The van der Waals surface area contributed by atoms with Crippen LogP contribution in [0.2, 0.25) is 0 Å². The molecule has 0 aromatic heterocycles. The van der Waals surface area contributed by atoms with E-state index in [-0.39, 0.29) is 12.5 Å². The Morgan fingerprint density at radius 2 is 1.67 bits per heavy atom. The Morgan fingerprint density at radius 3 is 2.07 bits per heavy atom. The van der Waals surface area contributed by atoms with Gasteiger partial charge in [0.2, 0.25) is 0 Å². The van der Waals surface area contributed by atoms with Crippen molar-refractivity contribution in [1.29, 1.82) is 0 Å². The van der Waals surface area contributed by atoms with Gasteiger partial charge in [-0.15, -0.1) is 11.6 Å². The molecule has 5 heteroatoms. The number of halogens is 4. The summed E-state index contributed by atoms with van der Waals surface area (Å²) < 4.78 is 35.8. The second-order valence-electron chi connectivity index (χ2n) is 3.89. The van der Waals surface area contributed by atoms with Crippen LogP contribution < -0.4 is 0 Å². The first kappa shape index (κ1) is 15.0. The number of hydrogen-bond donors (Lipinski definition) is 0. The summed E-state index contributed by atoms with van der Waals surface area (Å²) in [5.41, 5.74) is 0. The Balaban J connectivity index is 3.76. The molecule has 0 aliphatic heterocycles. The van der Waals surface area contributed by atoms with E-state index in [0.29, 0.717) is 12.4 Å². The lowest BCUT2D eigenvalue weighted by Gasteiger charge is -2.26. The lowest BCUT2D eigenvalue weighted by atomic mass is 10.2. The quantitative estimate of drug-likeness (QED) is 0.619. The molecule has 0 aliphatic carbocycles. The first-order valence-electron chi connectivity index (χ1n) is 5.23. The molecular weight excluding hydrogens is 227 g/mol. The van der Waals surface area contributed by atoms with E-state index in [0.717, 1.165) is 13.0 Å². The van der Waals surface area contributed by atoms with Gasteiger partial charge in [0.1, 0.15) is 0 Å². The summed E-state index contributed by atoms with van der Waals surface area (Å²) in [6, 6.07) is 0.279. The predicted molar refractivity (Wildman–Crippen MR) is 57.3 cm³/mol. The van der Waals surface area contributed by atoms with Crippen molar-refractivity contribution in [2.24, 2.45) is 0 Å². The van der Waals surface area contributed by atoms with Crippen molar-refractivity contribution in [2.75, 3.05) is 19.0 Å². The number of rotatable bonds is 7. The topological polar surface area (TPSA) is 3.24 Å². The van der Waals surface area contributed by atoms with Crippen LogP contribution in [0.3, 0.4) is 0 Å². The van der Waals surface area contributed by atoms with E-state index in [1.807, 2.05) is 18.7 Å². The highest BCUT2D eigenvalue weighted by molar-refractivity contribution is 6.17. The average Bonchev–Trinajstić information content (AvgIpc) is 2.08. The summed E-state index contributed by atoms with van der Waals surface area (Å²) in [4.78, 5) is 2.04. The smallest absolute Gasteiger partial charge is 0.301 e. The van der Waals surface area contributed by atoms with Gasteiger partial charge in [-0.3, -0.25) is 0 Å². The minimum atomic E-state index is -4.03. The summed E-state index contributed by atoms with van der Waals surface area (Å²) in [6.45, 7) is 5.25. The molecule has 0 fully saturated rings. The van der Waals surface area contributed by atoms with E-state index < -0.39 is 12.6 Å². The molecule has 0 spiro atoms. The van der Waals surface area contributed by atoms with Crippen LogP contribution in [0, 0.1) is 0 Å². The van der Waals surface area contributed by atoms with E-state index >= 15 is 0 Å². The maximum atomic E-state index is 11.9. The molecular formula is C10H19ClF3N. The largest absolute Gasteiger partial charge is 0.389 e. The van der Waals surface area contributed by atoms with Gasteiger partial charge in [0.05, 0.1) is 0 Å².